The van der Waals surface area contributed by atoms with Crippen molar-refractivity contribution >= 4 is 17.4 Å². The van der Waals surface area contributed by atoms with Crippen LogP contribution in [0.4, 0.5) is 18.9 Å². The van der Waals surface area contributed by atoms with Crippen LogP contribution in [0.2, 0.25) is 0 Å². The summed E-state index contributed by atoms with van der Waals surface area (Å²) in [6.07, 6.45) is -1.95. The lowest BCUT2D eigenvalue weighted by molar-refractivity contribution is -0.137. The lowest BCUT2D eigenvalue weighted by atomic mass is 9.77. The summed E-state index contributed by atoms with van der Waals surface area (Å²) in [5.74, 6) is -0.658. The lowest BCUT2D eigenvalue weighted by Crippen LogP contribution is -2.41. The van der Waals surface area contributed by atoms with Gasteiger partial charge in [-0.1, -0.05) is 37.3 Å². The van der Waals surface area contributed by atoms with Crippen LogP contribution in [0.15, 0.2) is 59.8 Å². The largest absolute Gasteiger partial charge is 0.416 e. The van der Waals surface area contributed by atoms with Crippen molar-refractivity contribution in [2.75, 3.05) is 4.90 Å². The number of ketones is 1. The Bertz CT molecular complexity index is 1020. The van der Waals surface area contributed by atoms with Gasteiger partial charge in [0.25, 0.3) is 0 Å². The Hall–Kier alpha value is -2.89. The number of nitrogens with zero attached hydrogens (tertiary/aromatic N) is 1. The molecule has 156 valence electrons. The van der Waals surface area contributed by atoms with Gasteiger partial charge < -0.3 is 0 Å². The number of halogens is 3. The quantitative estimate of drug-likeness (QED) is 0.638. The number of Topliss-reactive ketones (excluding diaryl/α,β-unsaturated/α-hetero) is 1. The zero-order chi connectivity index (χ0) is 21.5. The van der Waals surface area contributed by atoms with Gasteiger partial charge in [0.15, 0.2) is 5.78 Å². The number of para-hydroxylation sites is 1. The Kier molecular flexibility index (Phi) is 5.26. The molecule has 30 heavy (non-hydrogen) atoms. The normalized spacial score (nSPS) is 19.9. The van der Waals surface area contributed by atoms with Crippen LogP contribution in [0.5, 0.6) is 0 Å². The summed E-state index contributed by atoms with van der Waals surface area (Å²) in [6, 6.07) is 12.5. The summed E-state index contributed by atoms with van der Waals surface area (Å²) >= 11 is 0. The van der Waals surface area contributed by atoms with E-state index >= 15 is 0 Å². The first-order valence-electron chi connectivity index (χ1n) is 10.2. The van der Waals surface area contributed by atoms with Crippen molar-refractivity contribution in [3.63, 3.8) is 0 Å². The van der Waals surface area contributed by atoms with Gasteiger partial charge in [0, 0.05) is 30.0 Å². The van der Waals surface area contributed by atoms with E-state index in [-0.39, 0.29) is 18.1 Å². The third-order valence-corrected chi connectivity index (χ3v) is 5.93. The smallest absolute Gasteiger partial charge is 0.294 e. The minimum absolute atomic E-state index is 0.0207. The van der Waals surface area contributed by atoms with Gasteiger partial charge in [0.1, 0.15) is 0 Å². The van der Waals surface area contributed by atoms with Crippen LogP contribution in [-0.2, 0) is 22.2 Å². The Morgan fingerprint density at radius 1 is 1.00 bits per heavy atom. The fraction of sp³-hybridized carbons (Fsp3) is 0.333. The number of carbonyl (C=O) groups excluding carboxylic acids is 2. The second-order valence-corrected chi connectivity index (χ2v) is 7.72. The standard InChI is InChI=1S/C24H22F3NO2/c1-2-15-6-3-4-7-19(15)28-20-8-5-9-21(29)23(20)18(14-22(28)30)16-10-12-17(13-11-16)24(25,26)27/h3-4,6-7,10-13,18H,2,5,8-9,14H2,1H3. The van der Waals surface area contributed by atoms with Gasteiger partial charge >= 0.3 is 6.18 Å². The predicted molar refractivity (Wildman–Crippen MR) is 108 cm³/mol. The Balaban J connectivity index is 1.82. The molecule has 1 heterocycles. The molecule has 0 bridgehead atoms. The van der Waals surface area contributed by atoms with E-state index in [0.29, 0.717) is 36.1 Å². The topological polar surface area (TPSA) is 37.4 Å². The number of rotatable bonds is 3. The van der Waals surface area contributed by atoms with Crippen LogP contribution in [0.3, 0.4) is 0 Å². The monoisotopic (exact) mass is 413 g/mol. The molecule has 0 fully saturated rings. The number of anilines is 1. The first-order valence-corrected chi connectivity index (χ1v) is 10.2. The van der Waals surface area contributed by atoms with Gasteiger partial charge in [0.05, 0.1) is 11.3 Å². The number of hydrogen-bond acceptors (Lipinski definition) is 2. The van der Waals surface area contributed by atoms with E-state index in [9.17, 15) is 22.8 Å². The minimum atomic E-state index is -4.42. The Labute approximate surface area is 173 Å². The van der Waals surface area contributed by atoms with E-state index < -0.39 is 17.7 Å². The van der Waals surface area contributed by atoms with Crippen molar-refractivity contribution < 1.29 is 22.8 Å². The summed E-state index contributed by atoms with van der Waals surface area (Å²) in [6.45, 7) is 2.01. The van der Waals surface area contributed by atoms with Crippen molar-refractivity contribution in [3.05, 3.63) is 76.5 Å². The van der Waals surface area contributed by atoms with E-state index in [1.807, 2.05) is 31.2 Å². The van der Waals surface area contributed by atoms with Crippen molar-refractivity contribution in [2.45, 2.75) is 51.1 Å². The molecule has 1 atom stereocenters. The number of allylic oxidation sites excluding steroid dienone is 2. The molecule has 1 amide bonds. The second-order valence-electron chi connectivity index (χ2n) is 7.72. The summed E-state index contributed by atoms with van der Waals surface area (Å²) in [5, 5.41) is 0. The highest BCUT2D eigenvalue weighted by atomic mass is 19.4. The molecule has 0 N–H and O–H groups in total. The second kappa shape index (κ2) is 7.74. The van der Waals surface area contributed by atoms with Crippen LogP contribution >= 0.6 is 0 Å². The van der Waals surface area contributed by atoms with E-state index in [0.717, 1.165) is 29.8 Å². The van der Waals surface area contributed by atoms with Crippen LogP contribution in [0, 0.1) is 0 Å². The summed E-state index contributed by atoms with van der Waals surface area (Å²) in [5.41, 5.74) is 2.92. The molecule has 6 heteroatoms. The van der Waals surface area contributed by atoms with Crippen molar-refractivity contribution in [3.8, 4) is 0 Å². The molecule has 1 unspecified atom stereocenters. The first-order chi connectivity index (χ1) is 14.3. The molecule has 0 radical (unpaired) electrons. The van der Waals surface area contributed by atoms with Crippen LogP contribution in [-0.4, -0.2) is 11.7 Å². The molecule has 0 saturated carbocycles. The molecular weight excluding hydrogens is 391 g/mol. The van der Waals surface area contributed by atoms with Gasteiger partial charge in [-0.2, -0.15) is 13.2 Å². The minimum Gasteiger partial charge on any atom is -0.294 e. The zero-order valence-corrected chi connectivity index (χ0v) is 16.6. The molecule has 1 aliphatic heterocycles. The predicted octanol–water partition coefficient (Wildman–Crippen LogP) is 5.80. The van der Waals surface area contributed by atoms with Crippen LogP contribution < -0.4 is 4.90 Å². The number of amides is 1. The first kappa shape index (κ1) is 20.4. The average Bonchev–Trinajstić information content (AvgIpc) is 2.73. The third kappa shape index (κ3) is 3.55. The Morgan fingerprint density at radius 3 is 2.37 bits per heavy atom. The highest BCUT2D eigenvalue weighted by molar-refractivity contribution is 6.07. The number of alkyl halides is 3. The molecule has 0 aromatic heterocycles. The van der Waals surface area contributed by atoms with E-state index in [4.69, 9.17) is 0 Å². The lowest BCUT2D eigenvalue weighted by Gasteiger charge is -2.39. The third-order valence-electron chi connectivity index (χ3n) is 5.93. The fourth-order valence-electron chi connectivity index (χ4n) is 4.49. The zero-order valence-electron chi connectivity index (χ0n) is 16.6. The SMILES string of the molecule is CCc1ccccc1N1C(=O)CC(c2ccc(C(F)(F)F)cc2)C2=C1CCCC2=O. The molecule has 0 spiro atoms. The molecule has 0 saturated heterocycles. The number of hydrogen-bond donors (Lipinski definition) is 0. The maximum absolute atomic E-state index is 13.2. The average molecular weight is 413 g/mol. The highest BCUT2D eigenvalue weighted by Crippen LogP contribution is 2.44. The van der Waals surface area contributed by atoms with Crippen LogP contribution in [0.25, 0.3) is 0 Å². The molecule has 2 aliphatic rings. The van der Waals surface area contributed by atoms with E-state index in [1.165, 1.54) is 12.1 Å². The summed E-state index contributed by atoms with van der Waals surface area (Å²) in [4.78, 5) is 27.8. The van der Waals surface area contributed by atoms with Crippen molar-refractivity contribution in [1.29, 1.82) is 0 Å². The summed E-state index contributed by atoms with van der Waals surface area (Å²) in [7, 11) is 0. The van der Waals surface area contributed by atoms with Gasteiger partial charge in [-0.15, -0.1) is 0 Å². The molecule has 2 aromatic carbocycles. The maximum atomic E-state index is 13.2. The Morgan fingerprint density at radius 2 is 1.70 bits per heavy atom. The van der Waals surface area contributed by atoms with Gasteiger partial charge in [-0.3, -0.25) is 14.5 Å². The van der Waals surface area contributed by atoms with E-state index in [2.05, 4.69) is 0 Å². The molecule has 1 aliphatic carbocycles. The molecule has 3 nitrogen and oxygen atoms in total. The molecular formula is C24H22F3NO2. The van der Waals surface area contributed by atoms with Gasteiger partial charge in [-0.05, 0) is 48.6 Å². The number of carbonyl (C=O) groups is 2. The number of benzene rings is 2. The van der Waals surface area contributed by atoms with Gasteiger partial charge in [0.2, 0.25) is 5.91 Å². The van der Waals surface area contributed by atoms with Gasteiger partial charge in [-0.25, -0.2) is 0 Å². The van der Waals surface area contributed by atoms with E-state index in [1.54, 1.807) is 4.90 Å². The molecule has 4 rings (SSSR count). The van der Waals surface area contributed by atoms with Crippen LogP contribution in [0.1, 0.15) is 55.2 Å². The molecule has 2 aromatic rings. The van der Waals surface area contributed by atoms with Crippen molar-refractivity contribution in [2.24, 2.45) is 0 Å². The highest BCUT2D eigenvalue weighted by Gasteiger charge is 2.40. The maximum Gasteiger partial charge on any atom is 0.416 e. The fourth-order valence-corrected chi connectivity index (χ4v) is 4.49. The summed E-state index contributed by atoms with van der Waals surface area (Å²) < 4.78 is 38.8. The van der Waals surface area contributed by atoms with Crippen molar-refractivity contribution in [1.82, 2.24) is 0 Å². The number of aryl methyl sites for hydroxylation is 1.